The van der Waals surface area contributed by atoms with Crippen molar-refractivity contribution in [3.63, 3.8) is 0 Å². The highest BCUT2D eigenvalue weighted by Crippen LogP contribution is 2.47. The molecule has 0 aromatic heterocycles. The zero-order valence-electron chi connectivity index (χ0n) is 11.9. The monoisotopic (exact) mass is 339 g/mol. The number of nitrogens with one attached hydrogen (secondary N) is 1. The molecule has 2 aromatic carbocycles. The van der Waals surface area contributed by atoms with E-state index in [-0.39, 0.29) is 11.5 Å². The Labute approximate surface area is 140 Å². The molecule has 1 atom stereocenters. The van der Waals surface area contributed by atoms with Crippen LogP contribution in [0, 0.1) is 5.41 Å². The van der Waals surface area contributed by atoms with Crippen LogP contribution in [0.15, 0.2) is 36.4 Å². The van der Waals surface area contributed by atoms with Crippen LogP contribution in [-0.4, -0.2) is 0 Å². The lowest BCUT2D eigenvalue weighted by Crippen LogP contribution is -2.24. The van der Waals surface area contributed by atoms with E-state index in [0.717, 1.165) is 17.1 Å². The molecule has 0 radical (unpaired) electrons. The first-order valence-corrected chi connectivity index (χ1v) is 8.00. The van der Waals surface area contributed by atoms with Gasteiger partial charge in [-0.1, -0.05) is 54.7 Å². The van der Waals surface area contributed by atoms with Crippen LogP contribution in [0.3, 0.4) is 0 Å². The quantitative estimate of drug-likeness (QED) is 0.668. The Balaban J connectivity index is 1.97. The van der Waals surface area contributed by atoms with Crippen LogP contribution in [0.1, 0.15) is 31.0 Å². The predicted molar refractivity (Wildman–Crippen MR) is 91.8 cm³/mol. The molecule has 1 nitrogen and oxygen atoms in total. The molecular formula is C17H16Cl3N. The van der Waals surface area contributed by atoms with Gasteiger partial charge in [0.05, 0.1) is 16.1 Å². The van der Waals surface area contributed by atoms with Crippen LogP contribution in [0.25, 0.3) is 0 Å². The fourth-order valence-electron chi connectivity index (χ4n) is 3.04. The van der Waals surface area contributed by atoms with Crippen molar-refractivity contribution in [3.8, 4) is 0 Å². The Morgan fingerprint density at radius 1 is 1.00 bits per heavy atom. The van der Waals surface area contributed by atoms with Crippen LogP contribution in [0.5, 0.6) is 0 Å². The van der Waals surface area contributed by atoms with Crippen molar-refractivity contribution in [1.82, 2.24) is 0 Å². The van der Waals surface area contributed by atoms with Crippen molar-refractivity contribution >= 4 is 40.5 Å². The van der Waals surface area contributed by atoms with Crippen LogP contribution >= 0.6 is 34.8 Å². The lowest BCUT2D eigenvalue weighted by Gasteiger charge is -2.29. The summed E-state index contributed by atoms with van der Waals surface area (Å²) in [6.07, 6.45) is 1.03. The minimum atomic E-state index is 0.110. The Morgan fingerprint density at radius 3 is 2.48 bits per heavy atom. The molecule has 2 aromatic rings. The van der Waals surface area contributed by atoms with Gasteiger partial charge in [0.25, 0.3) is 0 Å². The topological polar surface area (TPSA) is 12.0 Å². The number of benzene rings is 2. The number of anilines is 1. The van der Waals surface area contributed by atoms with E-state index >= 15 is 0 Å². The lowest BCUT2D eigenvalue weighted by molar-refractivity contribution is 0.337. The van der Waals surface area contributed by atoms with E-state index in [4.69, 9.17) is 34.8 Å². The van der Waals surface area contributed by atoms with E-state index in [0.29, 0.717) is 10.0 Å². The second-order valence-corrected chi connectivity index (χ2v) is 7.47. The normalized spacial score (nSPS) is 19.4. The van der Waals surface area contributed by atoms with Gasteiger partial charge in [0.2, 0.25) is 0 Å². The molecule has 21 heavy (non-hydrogen) atoms. The first-order valence-electron chi connectivity index (χ1n) is 6.87. The lowest BCUT2D eigenvalue weighted by atomic mass is 9.85. The van der Waals surface area contributed by atoms with Gasteiger partial charge in [0.15, 0.2) is 0 Å². The highest BCUT2D eigenvalue weighted by molar-refractivity contribution is 6.42. The number of hydrogen-bond acceptors (Lipinski definition) is 1. The molecule has 1 aliphatic rings. The van der Waals surface area contributed by atoms with Gasteiger partial charge in [-0.15, -0.1) is 0 Å². The minimum Gasteiger partial charge on any atom is -0.378 e. The van der Waals surface area contributed by atoms with Gasteiger partial charge >= 0.3 is 0 Å². The third-order valence-electron chi connectivity index (χ3n) is 4.08. The Hall–Kier alpha value is -0.890. The molecule has 4 heteroatoms. The molecule has 0 heterocycles. The molecule has 1 N–H and O–H groups in total. The van der Waals surface area contributed by atoms with Crippen molar-refractivity contribution in [2.45, 2.75) is 26.3 Å². The molecule has 0 spiro atoms. The largest absolute Gasteiger partial charge is 0.378 e. The van der Waals surface area contributed by atoms with E-state index in [9.17, 15) is 0 Å². The number of fused-ring (bicyclic) bond motifs is 1. The summed E-state index contributed by atoms with van der Waals surface area (Å²) in [5.41, 5.74) is 3.69. The van der Waals surface area contributed by atoms with Crippen molar-refractivity contribution < 1.29 is 0 Å². The Morgan fingerprint density at radius 2 is 1.76 bits per heavy atom. The van der Waals surface area contributed by atoms with E-state index in [1.807, 2.05) is 24.3 Å². The molecule has 0 bridgehead atoms. The summed E-state index contributed by atoms with van der Waals surface area (Å²) >= 11 is 18.2. The van der Waals surface area contributed by atoms with Crippen LogP contribution in [0.2, 0.25) is 15.1 Å². The standard InChI is InChI=1S/C17H16Cl3N/c1-17(2)9-10-3-4-11(18)7-13(10)16(17)21-12-5-6-14(19)15(20)8-12/h3-8,16,21H,9H2,1-2H3. The van der Waals surface area contributed by atoms with Crippen LogP contribution in [0.4, 0.5) is 5.69 Å². The fraction of sp³-hybridized carbons (Fsp3) is 0.294. The summed E-state index contributed by atoms with van der Waals surface area (Å²) in [6, 6.07) is 12.0. The summed E-state index contributed by atoms with van der Waals surface area (Å²) in [6.45, 7) is 4.52. The van der Waals surface area contributed by atoms with Gasteiger partial charge in [-0.25, -0.2) is 0 Å². The molecule has 0 saturated carbocycles. The van der Waals surface area contributed by atoms with Gasteiger partial charge in [-0.2, -0.15) is 0 Å². The second kappa shape index (κ2) is 5.39. The molecule has 3 rings (SSSR count). The maximum Gasteiger partial charge on any atom is 0.0612 e. The number of hydrogen-bond donors (Lipinski definition) is 1. The zero-order chi connectivity index (χ0) is 15.2. The first kappa shape index (κ1) is 15.0. The molecular weight excluding hydrogens is 325 g/mol. The Kier molecular flexibility index (Phi) is 3.85. The first-order chi connectivity index (χ1) is 9.87. The smallest absolute Gasteiger partial charge is 0.0612 e. The molecule has 0 saturated heterocycles. The maximum atomic E-state index is 6.16. The summed E-state index contributed by atoms with van der Waals surface area (Å²) in [7, 11) is 0. The molecule has 0 aliphatic heterocycles. The average molecular weight is 341 g/mol. The SMILES string of the molecule is CC1(C)Cc2ccc(Cl)cc2C1Nc1ccc(Cl)c(Cl)c1. The Bertz CT molecular complexity index is 694. The van der Waals surface area contributed by atoms with Gasteiger partial charge in [-0.05, 0) is 53.3 Å². The predicted octanol–water partition coefficient (Wildman–Crippen LogP) is 6.38. The highest BCUT2D eigenvalue weighted by Gasteiger charge is 2.39. The fourth-order valence-corrected chi connectivity index (χ4v) is 3.51. The molecule has 110 valence electrons. The molecule has 0 fully saturated rings. The van der Waals surface area contributed by atoms with Crippen molar-refractivity contribution in [1.29, 1.82) is 0 Å². The number of halogens is 3. The number of rotatable bonds is 2. The van der Waals surface area contributed by atoms with E-state index in [1.54, 1.807) is 0 Å². The van der Waals surface area contributed by atoms with Crippen LogP contribution < -0.4 is 5.32 Å². The molecule has 1 aliphatic carbocycles. The van der Waals surface area contributed by atoms with E-state index in [2.05, 4.69) is 31.3 Å². The van der Waals surface area contributed by atoms with Crippen molar-refractivity contribution in [2.24, 2.45) is 5.41 Å². The van der Waals surface area contributed by atoms with E-state index in [1.165, 1.54) is 11.1 Å². The second-order valence-electron chi connectivity index (χ2n) is 6.21. The van der Waals surface area contributed by atoms with Crippen LogP contribution in [-0.2, 0) is 6.42 Å². The summed E-state index contributed by atoms with van der Waals surface area (Å²) in [5.74, 6) is 0. The van der Waals surface area contributed by atoms with E-state index < -0.39 is 0 Å². The summed E-state index contributed by atoms with van der Waals surface area (Å²) < 4.78 is 0. The zero-order valence-corrected chi connectivity index (χ0v) is 14.2. The summed E-state index contributed by atoms with van der Waals surface area (Å²) in [5, 5.41) is 5.48. The third kappa shape index (κ3) is 2.88. The average Bonchev–Trinajstić information content (AvgIpc) is 2.65. The van der Waals surface area contributed by atoms with Gasteiger partial charge in [0, 0.05) is 10.7 Å². The van der Waals surface area contributed by atoms with Gasteiger partial charge < -0.3 is 5.32 Å². The molecule has 1 unspecified atom stereocenters. The van der Waals surface area contributed by atoms with Crippen molar-refractivity contribution in [2.75, 3.05) is 5.32 Å². The minimum absolute atomic E-state index is 0.110. The van der Waals surface area contributed by atoms with Gasteiger partial charge in [-0.3, -0.25) is 0 Å². The maximum absolute atomic E-state index is 6.16. The third-order valence-corrected chi connectivity index (χ3v) is 5.05. The summed E-state index contributed by atoms with van der Waals surface area (Å²) in [4.78, 5) is 0. The highest BCUT2D eigenvalue weighted by atomic mass is 35.5. The van der Waals surface area contributed by atoms with Crippen molar-refractivity contribution in [3.05, 3.63) is 62.6 Å². The van der Waals surface area contributed by atoms with Gasteiger partial charge in [0.1, 0.15) is 0 Å². The molecule has 0 amide bonds.